The lowest BCUT2D eigenvalue weighted by atomic mass is 10.1. The van der Waals surface area contributed by atoms with E-state index in [-0.39, 0.29) is 18.4 Å². The van der Waals surface area contributed by atoms with Crippen LogP contribution in [0.4, 0.5) is 5.69 Å². The molecule has 30 heavy (non-hydrogen) atoms. The average Bonchev–Trinajstić information content (AvgIpc) is 2.73. The topological polar surface area (TPSA) is 84.5 Å². The van der Waals surface area contributed by atoms with E-state index in [1.54, 1.807) is 36.4 Å². The summed E-state index contributed by atoms with van der Waals surface area (Å²) in [5.41, 5.74) is 3.39. The van der Waals surface area contributed by atoms with Gasteiger partial charge in [-0.15, -0.1) is 0 Å². The molecular formula is C24H22N2O4. The number of hydrogen-bond donors (Lipinski definition) is 2. The maximum Gasteiger partial charge on any atom is 0.308 e. The van der Waals surface area contributed by atoms with Gasteiger partial charge in [-0.2, -0.15) is 0 Å². The highest BCUT2D eigenvalue weighted by molar-refractivity contribution is 6.04. The molecule has 0 atom stereocenters. The second kappa shape index (κ2) is 9.52. The Morgan fingerprint density at radius 2 is 1.57 bits per heavy atom. The second-order valence-electron chi connectivity index (χ2n) is 6.78. The molecule has 0 aromatic heterocycles. The SMILES string of the molecule is CC(=O)Oc1cccc(C(=O)NCc2ccccc2NC(=O)c2ccc(C)cc2)c1. The minimum absolute atomic E-state index is 0.220. The molecule has 0 saturated carbocycles. The summed E-state index contributed by atoms with van der Waals surface area (Å²) in [6, 6.07) is 21.0. The maximum absolute atomic E-state index is 12.5. The first kappa shape index (κ1) is 20.8. The Balaban J connectivity index is 1.68. The van der Waals surface area contributed by atoms with E-state index in [9.17, 15) is 14.4 Å². The van der Waals surface area contributed by atoms with Gasteiger partial charge in [0.05, 0.1) is 0 Å². The number of anilines is 1. The fourth-order valence-electron chi connectivity index (χ4n) is 2.84. The van der Waals surface area contributed by atoms with Gasteiger partial charge in [0.15, 0.2) is 0 Å². The van der Waals surface area contributed by atoms with E-state index in [0.717, 1.165) is 11.1 Å². The number of hydrogen-bond acceptors (Lipinski definition) is 4. The molecule has 0 spiro atoms. The first-order chi connectivity index (χ1) is 14.4. The van der Waals surface area contributed by atoms with Gasteiger partial charge in [-0.3, -0.25) is 14.4 Å². The monoisotopic (exact) mass is 402 g/mol. The molecule has 152 valence electrons. The third-order valence-electron chi connectivity index (χ3n) is 4.38. The van der Waals surface area contributed by atoms with Crippen molar-refractivity contribution < 1.29 is 19.1 Å². The van der Waals surface area contributed by atoms with Crippen molar-refractivity contribution in [1.29, 1.82) is 0 Å². The van der Waals surface area contributed by atoms with Crippen molar-refractivity contribution in [3.05, 3.63) is 95.1 Å². The van der Waals surface area contributed by atoms with Gasteiger partial charge in [-0.1, -0.05) is 42.0 Å². The van der Waals surface area contributed by atoms with Gasteiger partial charge >= 0.3 is 5.97 Å². The van der Waals surface area contributed by atoms with Crippen LogP contribution in [0.1, 0.15) is 38.8 Å². The van der Waals surface area contributed by atoms with Crippen LogP contribution in [0, 0.1) is 6.92 Å². The third-order valence-corrected chi connectivity index (χ3v) is 4.38. The van der Waals surface area contributed by atoms with Crippen LogP contribution < -0.4 is 15.4 Å². The zero-order valence-electron chi connectivity index (χ0n) is 16.8. The zero-order chi connectivity index (χ0) is 21.5. The van der Waals surface area contributed by atoms with Gasteiger partial charge in [0.25, 0.3) is 11.8 Å². The number of esters is 1. The summed E-state index contributed by atoms with van der Waals surface area (Å²) in [6.07, 6.45) is 0. The molecule has 2 amide bonds. The van der Waals surface area contributed by atoms with E-state index < -0.39 is 5.97 Å². The van der Waals surface area contributed by atoms with Crippen LogP contribution in [-0.2, 0) is 11.3 Å². The van der Waals surface area contributed by atoms with Crippen molar-refractivity contribution in [1.82, 2.24) is 5.32 Å². The summed E-state index contributed by atoms with van der Waals surface area (Å²) < 4.78 is 5.01. The molecule has 0 fully saturated rings. The van der Waals surface area contributed by atoms with Crippen LogP contribution in [0.5, 0.6) is 5.75 Å². The van der Waals surface area contributed by atoms with Crippen molar-refractivity contribution in [2.45, 2.75) is 20.4 Å². The number of benzene rings is 3. The summed E-state index contributed by atoms with van der Waals surface area (Å²) in [4.78, 5) is 36.1. The normalized spacial score (nSPS) is 10.2. The van der Waals surface area contributed by atoms with E-state index in [1.165, 1.54) is 13.0 Å². The minimum atomic E-state index is -0.453. The Kier molecular flexibility index (Phi) is 6.60. The second-order valence-corrected chi connectivity index (χ2v) is 6.78. The van der Waals surface area contributed by atoms with Crippen molar-refractivity contribution in [3.63, 3.8) is 0 Å². The van der Waals surface area contributed by atoms with Gasteiger partial charge < -0.3 is 15.4 Å². The molecule has 2 N–H and O–H groups in total. The lowest BCUT2D eigenvalue weighted by Gasteiger charge is -2.12. The predicted molar refractivity (Wildman–Crippen MR) is 114 cm³/mol. The molecule has 6 nitrogen and oxygen atoms in total. The number of amides is 2. The number of para-hydroxylation sites is 1. The molecule has 0 unspecified atom stereocenters. The van der Waals surface area contributed by atoms with Gasteiger partial charge in [0.1, 0.15) is 5.75 Å². The number of carbonyl (C=O) groups excluding carboxylic acids is 3. The van der Waals surface area contributed by atoms with Crippen molar-refractivity contribution in [2.75, 3.05) is 5.32 Å². The fraction of sp³-hybridized carbons (Fsp3) is 0.125. The number of carbonyl (C=O) groups is 3. The third kappa shape index (κ3) is 5.54. The minimum Gasteiger partial charge on any atom is -0.427 e. The van der Waals surface area contributed by atoms with Gasteiger partial charge in [-0.25, -0.2) is 0 Å². The highest BCUT2D eigenvalue weighted by Gasteiger charge is 2.11. The lowest BCUT2D eigenvalue weighted by Crippen LogP contribution is -2.24. The van der Waals surface area contributed by atoms with E-state index in [1.807, 2.05) is 37.3 Å². The number of aryl methyl sites for hydroxylation is 1. The zero-order valence-corrected chi connectivity index (χ0v) is 16.8. The van der Waals surface area contributed by atoms with Gasteiger partial charge in [0, 0.05) is 30.3 Å². The lowest BCUT2D eigenvalue weighted by molar-refractivity contribution is -0.131. The van der Waals surface area contributed by atoms with Crippen LogP contribution in [-0.4, -0.2) is 17.8 Å². The van der Waals surface area contributed by atoms with Crippen LogP contribution in [0.2, 0.25) is 0 Å². The molecule has 3 aromatic rings. The summed E-state index contributed by atoms with van der Waals surface area (Å²) in [5.74, 6) is -0.682. The molecule has 0 heterocycles. The molecule has 0 bridgehead atoms. The van der Waals surface area contributed by atoms with Crippen LogP contribution in [0.25, 0.3) is 0 Å². The van der Waals surface area contributed by atoms with E-state index >= 15 is 0 Å². The fourth-order valence-corrected chi connectivity index (χ4v) is 2.84. The smallest absolute Gasteiger partial charge is 0.308 e. The molecule has 6 heteroatoms. The summed E-state index contributed by atoms with van der Waals surface area (Å²) in [5, 5.41) is 5.72. The van der Waals surface area contributed by atoms with Crippen molar-refractivity contribution in [2.24, 2.45) is 0 Å². The van der Waals surface area contributed by atoms with E-state index in [0.29, 0.717) is 22.6 Å². The molecule has 0 radical (unpaired) electrons. The molecular weight excluding hydrogens is 380 g/mol. The molecule has 3 aromatic carbocycles. The van der Waals surface area contributed by atoms with Crippen LogP contribution in [0.15, 0.2) is 72.8 Å². The Bertz CT molecular complexity index is 1070. The highest BCUT2D eigenvalue weighted by Crippen LogP contribution is 2.18. The number of ether oxygens (including phenoxy) is 1. The van der Waals surface area contributed by atoms with Gasteiger partial charge in [0.2, 0.25) is 0 Å². The largest absolute Gasteiger partial charge is 0.427 e. The van der Waals surface area contributed by atoms with E-state index in [4.69, 9.17) is 4.74 Å². The molecule has 3 rings (SSSR count). The molecule has 0 aliphatic heterocycles. The van der Waals surface area contributed by atoms with Crippen LogP contribution >= 0.6 is 0 Å². The predicted octanol–water partition coefficient (Wildman–Crippen LogP) is 4.10. The highest BCUT2D eigenvalue weighted by atomic mass is 16.5. The Morgan fingerprint density at radius 1 is 0.833 bits per heavy atom. The number of rotatable bonds is 6. The molecule has 0 aliphatic carbocycles. The van der Waals surface area contributed by atoms with Crippen LogP contribution in [0.3, 0.4) is 0 Å². The molecule has 0 aliphatic rings. The first-order valence-corrected chi connectivity index (χ1v) is 9.45. The molecule has 0 saturated heterocycles. The Morgan fingerprint density at radius 3 is 2.30 bits per heavy atom. The Labute approximate surface area is 174 Å². The first-order valence-electron chi connectivity index (χ1n) is 9.45. The van der Waals surface area contributed by atoms with Crippen molar-refractivity contribution in [3.8, 4) is 5.75 Å². The average molecular weight is 402 g/mol. The number of nitrogens with one attached hydrogen (secondary N) is 2. The summed E-state index contributed by atoms with van der Waals surface area (Å²) in [6.45, 7) is 3.48. The quantitative estimate of drug-likeness (QED) is 0.480. The summed E-state index contributed by atoms with van der Waals surface area (Å²) in [7, 11) is 0. The summed E-state index contributed by atoms with van der Waals surface area (Å²) >= 11 is 0. The maximum atomic E-state index is 12.5. The Hall–Kier alpha value is -3.93. The van der Waals surface area contributed by atoms with E-state index in [2.05, 4.69) is 10.6 Å². The van der Waals surface area contributed by atoms with Crippen molar-refractivity contribution >= 4 is 23.5 Å². The van der Waals surface area contributed by atoms with Gasteiger partial charge in [-0.05, 0) is 48.9 Å². The standard InChI is InChI=1S/C24H22N2O4/c1-16-10-12-18(13-11-16)24(29)26-22-9-4-3-6-20(22)15-25-23(28)19-7-5-8-21(14-19)30-17(2)27/h3-14H,15H2,1-2H3,(H,25,28)(H,26,29).